The maximum Gasteiger partial charge on any atom is 0.123 e. The molecule has 0 saturated heterocycles. The highest BCUT2D eigenvalue weighted by Gasteiger charge is 2.07. The quantitative estimate of drug-likeness (QED) is 0.726. The molecular weight excluding hydrogens is 226 g/mol. The molecule has 0 saturated carbocycles. The van der Waals surface area contributed by atoms with Crippen LogP contribution in [0.25, 0.3) is 0 Å². The molecule has 0 aliphatic heterocycles. The molecule has 2 aromatic rings. The van der Waals surface area contributed by atoms with Gasteiger partial charge in [0.15, 0.2) is 0 Å². The molecule has 0 spiro atoms. The van der Waals surface area contributed by atoms with Gasteiger partial charge in [-0.1, -0.05) is 6.08 Å². The lowest BCUT2D eigenvalue weighted by molar-refractivity contribution is 0.415. The summed E-state index contributed by atoms with van der Waals surface area (Å²) in [4.78, 5) is 2.19. The molecule has 0 bridgehead atoms. The van der Waals surface area contributed by atoms with Crippen LogP contribution in [0.1, 0.15) is 5.76 Å². The van der Waals surface area contributed by atoms with Crippen molar-refractivity contribution < 1.29 is 9.15 Å². The molecule has 2 rings (SSSR count). The fourth-order valence-electron chi connectivity index (χ4n) is 1.80. The maximum absolute atomic E-state index is 5.38. The summed E-state index contributed by atoms with van der Waals surface area (Å²) in [6.07, 6.45) is 3.57. The van der Waals surface area contributed by atoms with E-state index in [1.54, 1.807) is 13.4 Å². The van der Waals surface area contributed by atoms with Crippen LogP contribution >= 0.6 is 0 Å². The van der Waals surface area contributed by atoms with Gasteiger partial charge < -0.3 is 14.1 Å². The van der Waals surface area contributed by atoms with Crippen LogP contribution in [-0.4, -0.2) is 13.7 Å². The molecule has 94 valence electrons. The van der Waals surface area contributed by atoms with E-state index in [1.807, 2.05) is 42.5 Å². The second kappa shape index (κ2) is 5.96. The number of benzene rings is 1. The summed E-state index contributed by atoms with van der Waals surface area (Å²) >= 11 is 0. The van der Waals surface area contributed by atoms with Crippen molar-refractivity contribution in [2.75, 3.05) is 18.6 Å². The number of rotatable bonds is 6. The smallest absolute Gasteiger partial charge is 0.123 e. The number of nitrogens with zero attached hydrogens (tertiary/aromatic N) is 1. The second-order valence-electron chi connectivity index (χ2n) is 3.95. The maximum atomic E-state index is 5.38. The van der Waals surface area contributed by atoms with Gasteiger partial charge in [-0.3, -0.25) is 0 Å². The van der Waals surface area contributed by atoms with Crippen molar-refractivity contribution in [1.82, 2.24) is 0 Å². The summed E-state index contributed by atoms with van der Waals surface area (Å²) in [5, 5.41) is 0. The largest absolute Gasteiger partial charge is 0.497 e. The Morgan fingerprint density at radius 1 is 1.28 bits per heavy atom. The Kier molecular flexibility index (Phi) is 4.07. The van der Waals surface area contributed by atoms with E-state index in [2.05, 4.69) is 11.5 Å². The molecule has 3 nitrogen and oxygen atoms in total. The van der Waals surface area contributed by atoms with Crippen molar-refractivity contribution in [3.63, 3.8) is 0 Å². The Morgan fingerprint density at radius 2 is 2.06 bits per heavy atom. The molecule has 0 aliphatic carbocycles. The highest BCUT2D eigenvalue weighted by molar-refractivity contribution is 5.49. The van der Waals surface area contributed by atoms with Gasteiger partial charge in [0.2, 0.25) is 0 Å². The molecule has 1 aromatic heterocycles. The first-order valence-corrected chi connectivity index (χ1v) is 5.86. The number of furan rings is 1. The van der Waals surface area contributed by atoms with Gasteiger partial charge in [0.25, 0.3) is 0 Å². The molecule has 1 heterocycles. The third kappa shape index (κ3) is 2.94. The van der Waals surface area contributed by atoms with E-state index in [9.17, 15) is 0 Å². The minimum Gasteiger partial charge on any atom is -0.497 e. The van der Waals surface area contributed by atoms with Gasteiger partial charge in [-0.2, -0.15) is 0 Å². The Bertz CT molecular complexity index is 474. The zero-order valence-electron chi connectivity index (χ0n) is 10.5. The Hall–Kier alpha value is -2.16. The average molecular weight is 243 g/mol. The van der Waals surface area contributed by atoms with Crippen LogP contribution in [-0.2, 0) is 6.54 Å². The minimum absolute atomic E-state index is 0.728. The molecule has 18 heavy (non-hydrogen) atoms. The summed E-state index contributed by atoms with van der Waals surface area (Å²) in [5.41, 5.74) is 1.12. The molecule has 0 fully saturated rings. The zero-order chi connectivity index (χ0) is 12.8. The number of ether oxygens (including phenoxy) is 1. The Labute approximate surface area is 107 Å². The van der Waals surface area contributed by atoms with Crippen LogP contribution in [0.3, 0.4) is 0 Å². The highest BCUT2D eigenvalue weighted by Crippen LogP contribution is 2.21. The molecule has 0 atom stereocenters. The SMILES string of the molecule is C=CCN(Cc1ccco1)c1ccc(OC)cc1. The van der Waals surface area contributed by atoms with E-state index in [-0.39, 0.29) is 0 Å². The summed E-state index contributed by atoms with van der Waals surface area (Å²) in [6.45, 7) is 5.29. The molecular formula is C15H17NO2. The van der Waals surface area contributed by atoms with Crippen LogP contribution in [0, 0.1) is 0 Å². The summed E-state index contributed by atoms with van der Waals surface area (Å²) < 4.78 is 10.5. The number of hydrogen-bond acceptors (Lipinski definition) is 3. The molecule has 0 unspecified atom stereocenters. The van der Waals surface area contributed by atoms with E-state index < -0.39 is 0 Å². The fraction of sp³-hybridized carbons (Fsp3) is 0.200. The van der Waals surface area contributed by atoms with Crippen molar-refractivity contribution in [3.05, 3.63) is 61.1 Å². The first-order valence-electron chi connectivity index (χ1n) is 5.86. The topological polar surface area (TPSA) is 25.6 Å². The third-order valence-corrected chi connectivity index (χ3v) is 2.71. The number of hydrogen-bond donors (Lipinski definition) is 0. The summed E-state index contributed by atoms with van der Waals surface area (Å²) in [7, 11) is 1.67. The second-order valence-corrected chi connectivity index (χ2v) is 3.95. The predicted molar refractivity (Wildman–Crippen MR) is 72.9 cm³/mol. The van der Waals surface area contributed by atoms with Crippen LogP contribution in [0.5, 0.6) is 5.75 Å². The molecule has 0 N–H and O–H groups in total. The molecule has 0 radical (unpaired) electrons. The first-order chi connectivity index (χ1) is 8.83. The first kappa shape index (κ1) is 12.3. The van der Waals surface area contributed by atoms with Gasteiger partial charge in [0.1, 0.15) is 11.5 Å². The third-order valence-electron chi connectivity index (χ3n) is 2.71. The average Bonchev–Trinajstić information content (AvgIpc) is 2.91. The van der Waals surface area contributed by atoms with Gasteiger partial charge >= 0.3 is 0 Å². The van der Waals surface area contributed by atoms with E-state index in [0.717, 1.165) is 30.3 Å². The lowest BCUT2D eigenvalue weighted by atomic mass is 10.2. The van der Waals surface area contributed by atoms with Crippen LogP contribution in [0.2, 0.25) is 0 Å². The van der Waals surface area contributed by atoms with E-state index in [4.69, 9.17) is 9.15 Å². The van der Waals surface area contributed by atoms with Gasteiger partial charge in [0, 0.05) is 12.2 Å². The van der Waals surface area contributed by atoms with Crippen LogP contribution in [0.15, 0.2) is 59.7 Å². The normalized spacial score (nSPS) is 10.1. The number of anilines is 1. The van der Waals surface area contributed by atoms with Gasteiger partial charge in [-0.05, 0) is 36.4 Å². The predicted octanol–water partition coefficient (Wildman–Crippen LogP) is 3.48. The van der Waals surface area contributed by atoms with Crippen molar-refractivity contribution >= 4 is 5.69 Å². The molecule has 0 aliphatic rings. The number of methoxy groups -OCH3 is 1. The molecule has 0 amide bonds. The highest BCUT2D eigenvalue weighted by atomic mass is 16.5. The van der Waals surface area contributed by atoms with Gasteiger partial charge in [0.05, 0.1) is 19.9 Å². The van der Waals surface area contributed by atoms with Gasteiger partial charge in [-0.25, -0.2) is 0 Å². The zero-order valence-corrected chi connectivity index (χ0v) is 10.5. The van der Waals surface area contributed by atoms with Crippen molar-refractivity contribution in [1.29, 1.82) is 0 Å². The van der Waals surface area contributed by atoms with Crippen LogP contribution in [0.4, 0.5) is 5.69 Å². The molecule has 3 heteroatoms. The summed E-state index contributed by atoms with van der Waals surface area (Å²) in [6, 6.07) is 11.8. The fourth-order valence-corrected chi connectivity index (χ4v) is 1.80. The van der Waals surface area contributed by atoms with E-state index >= 15 is 0 Å². The minimum atomic E-state index is 0.728. The lowest BCUT2D eigenvalue weighted by Gasteiger charge is -2.22. The van der Waals surface area contributed by atoms with Crippen molar-refractivity contribution in [2.45, 2.75) is 6.54 Å². The van der Waals surface area contributed by atoms with Crippen LogP contribution < -0.4 is 9.64 Å². The molecule has 1 aromatic carbocycles. The van der Waals surface area contributed by atoms with Crippen molar-refractivity contribution in [3.8, 4) is 5.75 Å². The van der Waals surface area contributed by atoms with E-state index in [1.165, 1.54) is 0 Å². The van der Waals surface area contributed by atoms with Gasteiger partial charge in [-0.15, -0.1) is 6.58 Å². The van der Waals surface area contributed by atoms with Crippen molar-refractivity contribution in [2.24, 2.45) is 0 Å². The Morgan fingerprint density at radius 3 is 2.61 bits per heavy atom. The van der Waals surface area contributed by atoms with E-state index in [0.29, 0.717) is 0 Å². The lowest BCUT2D eigenvalue weighted by Crippen LogP contribution is -2.22. The Balaban J connectivity index is 2.15. The monoisotopic (exact) mass is 243 g/mol. The summed E-state index contributed by atoms with van der Waals surface area (Å²) in [5.74, 6) is 1.79. The standard InChI is InChI=1S/C15H17NO2/c1-3-10-16(12-15-5-4-11-18-15)13-6-8-14(17-2)9-7-13/h3-9,11H,1,10,12H2,2H3.